The quantitative estimate of drug-likeness (QED) is 0.670. The molecule has 0 aliphatic carbocycles. The Morgan fingerprint density at radius 2 is 2.18 bits per heavy atom. The van der Waals surface area contributed by atoms with Crippen molar-refractivity contribution in [2.75, 3.05) is 19.7 Å². The Labute approximate surface area is 106 Å². The van der Waals surface area contributed by atoms with Gasteiger partial charge < -0.3 is 4.74 Å². The van der Waals surface area contributed by atoms with Gasteiger partial charge in [-0.3, -0.25) is 9.69 Å². The first kappa shape index (κ1) is 14.5. The van der Waals surface area contributed by atoms with E-state index in [4.69, 9.17) is 4.74 Å². The maximum absolute atomic E-state index is 12.0. The third-order valence-electron chi connectivity index (χ3n) is 3.69. The van der Waals surface area contributed by atoms with Gasteiger partial charge in [0.1, 0.15) is 6.04 Å². The highest BCUT2D eigenvalue weighted by Crippen LogP contribution is 2.23. The van der Waals surface area contributed by atoms with E-state index < -0.39 is 0 Å². The Kier molecular flexibility index (Phi) is 6.56. The van der Waals surface area contributed by atoms with Crippen LogP contribution < -0.4 is 0 Å². The molecule has 0 bridgehead atoms. The molecule has 3 nitrogen and oxygen atoms in total. The van der Waals surface area contributed by atoms with Gasteiger partial charge in [-0.2, -0.15) is 0 Å². The van der Waals surface area contributed by atoms with Crippen LogP contribution in [0.2, 0.25) is 0 Å². The molecule has 0 spiro atoms. The largest absolute Gasteiger partial charge is 0.465 e. The molecule has 0 saturated carbocycles. The number of likely N-dealkylation sites (tertiary alicyclic amines) is 1. The van der Waals surface area contributed by atoms with Gasteiger partial charge in [0.15, 0.2) is 0 Å². The van der Waals surface area contributed by atoms with E-state index in [9.17, 15) is 4.79 Å². The van der Waals surface area contributed by atoms with E-state index in [-0.39, 0.29) is 12.0 Å². The van der Waals surface area contributed by atoms with Gasteiger partial charge in [-0.15, -0.1) is 0 Å². The molecule has 100 valence electrons. The molecule has 0 aromatic carbocycles. The second kappa shape index (κ2) is 7.70. The third-order valence-corrected chi connectivity index (χ3v) is 3.69. The zero-order valence-corrected chi connectivity index (χ0v) is 11.6. The van der Waals surface area contributed by atoms with E-state index in [1.807, 2.05) is 6.92 Å². The van der Waals surface area contributed by atoms with Gasteiger partial charge in [-0.1, -0.05) is 26.7 Å². The van der Waals surface area contributed by atoms with Crippen LogP contribution in [0.1, 0.15) is 52.9 Å². The molecule has 0 aromatic heterocycles. The summed E-state index contributed by atoms with van der Waals surface area (Å²) in [6.45, 7) is 8.87. The topological polar surface area (TPSA) is 29.5 Å². The molecule has 1 rings (SSSR count). The lowest BCUT2D eigenvalue weighted by molar-refractivity contribution is -0.150. The first-order chi connectivity index (χ1) is 8.22. The molecular weight excluding hydrogens is 214 g/mol. The Balaban J connectivity index is 2.58. The van der Waals surface area contributed by atoms with Crippen LogP contribution in [0.15, 0.2) is 0 Å². The van der Waals surface area contributed by atoms with Gasteiger partial charge in [-0.25, -0.2) is 0 Å². The average molecular weight is 241 g/mol. The minimum Gasteiger partial charge on any atom is -0.465 e. The SMILES string of the molecule is CCCC(C(=O)OCC)N1CCCC(CC)C1. The van der Waals surface area contributed by atoms with Crippen molar-refractivity contribution >= 4 is 5.97 Å². The van der Waals surface area contributed by atoms with Crippen molar-refractivity contribution in [3.8, 4) is 0 Å². The number of hydrogen-bond donors (Lipinski definition) is 0. The third kappa shape index (κ3) is 4.30. The zero-order valence-electron chi connectivity index (χ0n) is 11.6. The predicted molar refractivity (Wildman–Crippen MR) is 69.9 cm³/mol. The van der Waals surface area contributed by atoms with E-state index in [1.54, 1.807) is 0 Å². The second-order valence-corrected chi connectivity index (χ2v) is 4.97. The van der Waals surface area contributed by atoms with E-state index >= 15 is 0 Å². The van der Waals surface area contributed by atoms with Crippen LogP contribution >= 0.6 is 0 Å². The summed E-state index contributed by atoms with van der Waals surface area (Å²) in [5.41, 5.74) is 0. The summed E-state index contributed by atoms with van der Waals surface area (Å²) < 4.78 is 5.20. The summed E-state index contributed by atoms with van der Waals surface area (Å²) in [6.07, 6.45) is 5.72. The summed E-state index contributed by atoms with van der Waals surface area (Å²) in [6, 6.07) is -0.00528. The lowest BCUT2D eigenvalue weighted by Gasteiger charge is -2.36. The molecule has 1 aliphatic rings. The smallest absolute Gasteiger partial charge is 0.323 e. The van der Waals surface area contributed by atoms with Crippen LogP contribution in [0, 0.1) is 5.92 Å². The number of piperidine rings is 1. The van der Waals surface area contributed by atoms with Crippen LogP contribution in [0.5, 0.6) is 0 Å². The Morgan fingerprint density at radius 1 is 1.41 bits per heavy atom. The molecule has 1 saturated heterocycles. The summed E-state index contributed by atoms with van der Waals surface area (Å²) in [5.74, 6) is 0.739. The average Bonchev–Trinajstić information content (AvgIpc) is 2.36. The van der Waals surface area contributed by atoms with Crippen molar-refractivity contribution in [3.63, 3.8) is 0 Å². The molecule has 0 aromatic rings. The molecule has 0 amide bonds. The molecule has 1 fully saturated rings. The zero-order chi connectivity index (χ0) is 12.7. The Hall–Kier alpha value is -0.570. The van der Waals surface area contributed by atoms with Crippen LogP contribution in [0.25, 0.3) is 0 Å². The molecule has 2 atom stereocenters. The van der Waals surface area contributed by atoms with Gasteiger partial charge in [0.2, 0.25) is 0 Å². The Morgan fingerprint density at radius 3 is 2.76 bits per heavy atom. The number of esters is 1. The first-order valence-corrected chi connectivity index (χ1v) is 7.13. The van der Waals surface area contributed by atoms with Crippen molar-refractivity contribution in [3.05, 3.63) is 0 Å². The lowest BCUT2D eigenvalue weighted by Crippen LogP contribution is -2.47. The fraction of sp³-hybridized carbons (Fsp3) is 0.929. The van der Waals surface area contributed by atoms with Gasteiger partial charge in [0, 0.05) is 6.54 Å². The van der Waals surface area contributed by atoms with Crippen molar-refractivity contribution < 1.29 is 9.53 Å². The molecule has 0 radical (unpaired) electrons. The van der Waals surface area contributed by atoms with Crippen molar-refractivity contribution in [1.29, 1.82) is 0 Å². The first-order valence-electron chi connectivity index (χ1n) is 7.13. The Bertz CT molecular complexity index is 230. The van der Waals surface area contributed by atoms with Gasteiger partial charge >= 0.3 is 5.97 Å². The predicted octanol–water partition coefficient (Wildman–Crippen LogP) is 2.84. The van der Waals surface area contributed by atoms with Gasteiger partial charge in [0.25, 0.3) is 0 Å². The fourth-order valence-electron chi connectivity index (χ4n) is 2.67. The minimum absolute atomic E-state index is 0.00528. The number of ether oxygens (including phenoxy) is 1. The van der Waals surface area contributed by atoms with Gasteiger partial charge in [0.05, 0.1) is 6.61 Å². The highest BCUT2D eigenvalue weighted by molar-refractivity contribution is 5.75. The van der Waals surface area contributed by atoms with E-state index in [1.165, 1.54) is 19.3 Å². The maximum Gasteiger partial charge on any atom is 0.323 e. The molecular formula is C14H27NO2. The monoisotopic (exact) mass is 241 g/mol. The van der Waals surface area contributed by atoms with Crippen molar-refractivity contribution in [2.24, 2.45) is 5.92 Å². The minimum atomic E-state index is -0.0221. The highest BCUT2D eigenvalue weighted by Gasteiger charge is 2.30. The van der Waals surface area contributed by atoms with Crippen LogP contribution in [-0.2, 0) is 9.53 Å². The summed E-state index contributed by atoms with van der Waals surface area (Å²) in [5, 5.41) is 0. The molecule has 2 unspecified atom stereocenters. The number of nitrogens with zero attached hydrogens (tertiary/aromatic N) is 1. The molecule has 1 heterocycles. The van der Waals surface area contributed by atoms with Gasteiger partial charge in [-0.05, 0) is 38.6 Å². The van der Waals surface area contributed by atoms with Crippen molar-refractivity contribution in [2.45, 2.75) is 58.9 Å². The number of rotatable bonds is 6. The standard InChI is InChI=1S/C14H27NO2/c1-4-8-13(14(16)17-6-3)15-10-7-9-12(5-2)11-15/h12-13H,4-11H2,1-3H3. The highest BCUT2D eigenvalue weighted by atomic mass is 16.5. The summed E-state index contributed by atoms with van der Waals surface area (Å²) in [7, 11) is 0. The van der Waals surface area contributed by atoms with E-state index in [2.05, 4.69) is 18.7 Å². The van der Waals surface area contributed by atoms with Crippen LogP contribution in [0.3, 0.4) is 0 Å². The second-order valence-electron chi connectivity index (χ2n) is 4.97. The lowest BCUT2D eigenvalue weighted by atomic mass is 9.94. The van der Waals surface area contributed by atoms with Crippen LogP contribution in [-0.4, -0.2) is 36.6 Å². The number of carbonyl (C=O) groups is 1. The molecule has 17 heavy (non-hydrogen) atoms. The molecule has 1 aliphatic heterocycles. The van der Waals surface area contributed by atoms with Crippen LogP contribution in [0.4, 0.5) is 0 Å². The number of carbonyl (C=O) groups excluding carboxylic acids is 1. The van der Waals surface area contributed by atoms with E-state index in [0.29, 0.717) is 6.61 Å². The fourth-order valence-corrected chi connectivity index (χ4v) is 2.67. The van der Waals surface area contributed by atoms with E-state index in [0.717, 1.165) is 31.8 Å². The molecule has 3 heteroatoms. The maximum atomic E-state index is 12.0. The number of hydrogen-bond acceptors (Lipinski definition) is 3. The summed E-state index contributed by atoms with van der Waals surface area (Å²) >= 11 is 0. The van der Waals surface area contributed by atoms with Crippen molar-refractivity contribution in [1.82, 2.24) is 4.90 Å². The summed E-state index contributed by atoms with van der Waals surface area (Å²) in [4.78, 5) is 14.3. The molecule has 0 N–H and O–H groups in total. The normalized spacial score (nSPS) is 23.4.